The lowest BCUT2D eigenvalue weighted by atomic mass is 10.2. The Kier molecular flexibility index (Phi) is 6.74. The lowest BCUT2D eigenvalue weighted by Crippen LogP contribution is -2.52. The van der Waals surface area contributed by atoms with Crippen molar-refractivity contribution in [3.05, 3.63) is 35.9 Å². The smallest absolute Gasteiger partial charge is 0.321 e. The minimum Gasteiger partial charge on any atom is -0.338 e. The third kappa shape index (κ3) is 5.34. The number of nitrogens with one attached hydrogen (secondary N) is 2. The predicted octanol–water partition coefficient (Wildman–Crippen LogP) is 0.680. The summed E-state index contributed by atoms with van der Waals surface area (Å²) in [6, 6.07) is 8.71. The molecule has 2 rings (SSSR count). The van der Waals surface area contributed by atoms with E-state index in [1.54, 1.807) is 17.0 Å². The molecule has 1 aliphatic heterocycles. The monoisotopic (exact) mass is 332 g/mol. The highest BCUT2D eigenvalue weighted by Crippen LogP contribution is 2.08. The summed E-state index contributed by atoms with van der Waals surface area (Å²) >= 11 is 0. The minimum absolute atomic E-state index is 0.0126. The van der Waals surface area contributed by atoms with E-state index in [1.807, 2.05) is 30.0 Å². The number of hydrogen-bond donors (Lipinski definition) is 2. The van der Waals surface area contributed by atoms with Crippen LogP contribution in [0.25, 0.3) is 0 Å². The topological polar surface area (TPSA) is 81.8 Å². The Bertz CT molecular complexity index is 568. The van der Waals surface area contributed by atoms with Gasteiger partial charge in [0.15, 0.2) is 0 Å². The van der Waals surface area contributed by atoms with Crippen molar-refractivity contribution in [1.82, 2.24) is 20.4 Å². The van der Waals surface area contributed by atoms with Gasteiger partial charge >= 0.3 is 6.03 Å². The number of rotatable bonds is 5. The highest BCUT2D eigenvalue weighted by atomic mass is 16.2. The lowest BCUT2D eigenvalue weighted by Gasteiger charge is -2.34. The van der Waals surface area contributed by atoms with Gasteiger partial charge < -0.3 is 10.2 Å². The molecule has 0 aliphatic carbocycles. The summed E-state index contributed by atoms with van der Waals surface area (Å²) in [5, 5.41) is 4.91. The van der Waals surface area contributed by atoms with E-state index in [-0.39, 0.29) is 18.4 Å². The van der Waals surface area contributed by atoms with Gasteiger partial charge in [-0.05, 0) is 18.6 Å². The molecule has 0 spiro atoms. The number of piperazine rings is 1. The third-order valence-electron chi connectivity index (χ3n) is 3.84. The highest BCUT2D eigenvalue weighted by molar-refractivity contribution is 5.95. The van der Waals surface area contributed by atoms with E-state index in [0.717, 1.165) is 6.42 Å². The van der Waals surface area contributed by atoms with Crippen LogP contribution in [0.5, 0.6) is 0 Å². The fraction of sp³-hybridized carbons (Fsp3) is 0.471. The van der Waals surface area contributed by atoms with Crippen LogP contribution in [0.1, 0.15) is 23.7 Å². The zero-order valence-corrected chi connectivity index (χ0v) is 14.0. The molecule has 24 heavy (non-hydrogen) atoms. The van der Waals surface area contributed by atoms with Gasteiger partial charge in [-0.25, -0.2) is 4.79 Å². The molecule has 130 valence electrons. The van der Waals surface area contributed by atoms with E-state index in [1.165, 1.54) is 0 Å². The molecule has 0 unspecified atom stereocenters. The maximum Gasteiger partial charge on any atom is 0.321 e. The van der Waals surface area contributed by atoms with Crippen molar-refractivity contribution >= 4 is 17.8 Å². The van der Waals surface area contributed by atoms with Gasteiger partial charge in [0.25, 0.3) is 5.91 Å². The normalized spacial score (nSPS) is 15.0. The van der Waals surface area contributed by atoms with Crippen LogP contribution in [0.2, 0.25) is 0 Å². The van der Waals surface area contributed by atoms with Crippen LogP contribution < -0.4 is 10.6 Å². The Balaban J connectivity index is 1.73. The Morgan fingerprint density at radius 3 is 2.33 bits per heavy atom. The quantitative estimate of drug-likeness (QED) is 0.831. The Morgan fingerprint density at radius 1 is 1.04 bits per heavy atom. The first-order chi connectivity index (χ1) is 11.6. The van der Waals surface area contributed by atoms with Gasteiger partial charge in [-0.15, -0.1) is 0 Å². The average molecular weight is 332 g/mol. The summed E-state index contributed by atoms with van der Waals surface area (Å²) in [6.45, 7) is 5.02. The molecule has 0 saturated carbocycles. The third-order valence-corrected chi connectivity index (χ3v) is 3.84. The van der Waals surface area contributed by atoms with Crippen molar-refractivity contribution in [2.24, 2.45) is 0 Å². The summed E-state index contributed by atoms with van der Waals surface area (Å²) in [5.41, 5.74) is 0.677. The van der Waals surface area contributed by atoms with Crippen molar-refractivity contribution < 1.29 is 14.4 Å². The van der Waals surface area contributed by atoms with Gasteiger partial charge in [-0.1, -0.05) is 25.1 Å². The first-order valence-electron chi connectivity index (χ1n) is 8.24. The second-order valence-electron chi connectivity index (χ2n) is 5.74. The zero-order chi connectivity index (χ0) is 17.4. The molecule has 1 aromatic carbocycles. The van der Waals surface area contributed by atoms with E-state index in [9.17, 15) is 14.4 Å². The van der Waals surface area contributed by atoms with Crippen LogP contribution in [0, 0.1) is 0 Å². The molecular formula is C17H24N4O3. The van der Waals surface area contributed by atoms with Crippen LogP contribution in [0.4, 0.5) is 4.79 Å². The first-order valence-corrected chi connectivity index (χ1v) is 8.24. The molecule has 0 aromatic heterocycles. The van der Waals surface area contributed by atoms with E-state index in [0.29, 0.717) is 38.3 Å². The summed E-state index contributed by atoms with van der Waals surface area (Å²) in [6.07, 6.45) is 0.818. The van der Waals surface area contributed by atoms with Crippen LogP contribution in [0.3, 0.4) is 0 Å². The second-order valence-corrected chi connectivity index (χ2v) is 5.74. The molecule has 1 aliphatic rings. The van der Waals surface area contributed by atoms with E-state index in [2.05, 4.69) is 10.6 Å². The van der Waals surface area contributed by atoms with Crippen molar-refractivity contribution in [2.45, 2.75) is 13.3 Å². The Hall–Kier alpha value is -2.41. The number of amides is 4. The number of hydrogen-bond acceptors (Lipinski definition) is 4. The van der Waals surface area contributed by atoms with Crippen LogP contribution in [-0.4, -0.2) is 66.9 Å². The van der Waals surface area contributed by atoms with Crippen LogP contribution in [-0.2, 0) is 4.79 Å². The SMILES string of the molecule is CCCNC(=O)NC(=O)CN1CCN(C(=O)c2ccccc2)CC1. The maximum absolute atomic E-state index is 12.3. The van der Waals surface area contributed by atoms with E-state index in [4.69, 9.17) is 0 Å². The fourth-order valence-electron chi connectivity index (χ4n) is 2.52. The van der Waals surface area contributed by atoms with Gasteiger partial charge in [0, 0.05) is 38.3 Å². The summed E-state index contributed by atoms with van der Waals surface area (Å²) in [5.74, 6) is -0.315. The molecule has 0 atom stereocenters. The van der Waals surface area contributed by atoms with Crippen molar-refractivity contribution in [3.8, 4) is 0 Å². The van der Waals surface area contributed by atoms with Gasteiger partial charge in [0.2, 0.25) is 5.91 Å². The summed E-state index contributed by atoms with van der Waals surface area (Å²) < 4.78 is 0. The number of nitrogens with zero attached hydrogens (tertiary/aromatic N) is 2. The molecule has 7 nitrogen and oxygen atoms in total. The summed E-state index contributed by atoms with van der Waals surface area (Å²) in [7, 11) is 0. The van der Waals surface area contributed by atoms with Crippen LogP contribution in [0.15, 0.2) is 30.3 Å². The van der Waals surface area contributed by atoms with E-state index < -0.39 is 6.03 Å². The molecule has 1 heterocycles. The standard InChI is InChI=1S/C17H24N4O3/c1-2-8-18-17(24)19-15(22)13-20-9-11-21(12-10-20)16(23)14-6-4-3-5-7-14/h3-7H,2,8-13H2,1H3,(H2,18,19,22,24). The molecule has 1 aromatic rings. The maximum atomic E-state index is 12.3. The molecule has 4 amide bonds. The number of urea groups is 1. The number of imide groups is 1. The zero-order valence-electron chi connectivity index (χ0n) is 14.0. The Morgan fingerprint density at radius 2 is 1.71 bits per heavy atom. The van der Waals surface area contributed by atoms with Gasteiger partial charge in [-0.2, -0.15) is 0 Å². The molecule has 1 fully saturated rings. The minimum atomic E-state index is -0.459. The van der Waals surface area contributed by atoms with Gasteiger partial charge in [0.1, 0.15) is 0 Å². The number of carbonyl (C=O) groups excluding carboxylic acids is 3. The van der Waals surface area contributed by atoms with Crippen LogP contribution >= 0.6 is 0 Å². The fourth-order valence-corrected chi connectivity index (χ4v) is 2.52. The first kappa shape index (κ1) is 17.9. The highest BCUT2D eigenvalue weighted by Gasteiger charge is 2.23. The predicted molar refractivity (Wildman–Crippen MR) is 90.6 cm³/mol. The van der Waals surface area contributed by atoms with Gasteiger partial charge in [-0.3, -0.25) is 19.8 Å². The average Bonchev–Trinajstić information content (AvgIpc) is 2.60. The number of carbonyl (C=O) groups is 3. The second kappa shape index (κ2) is 9.02. The molecule has 0 radical (unpaired) electrons. The van der Waals surface area contributed by atoms with Crippen molar-refractivity contribution in [2.75, 3.05) is 39.3 Å². The molecule has 0 bridgehead atoms. The summed E-state index contributed by atoms with van der Waals surface area (Å²) in [4.78, 5) is 39.3. The Labute approximate surface area is 142 Å². The van der Waals surface area contributed by atoms with Crippen molar-refractivity contribution in [1.29, 1.82) is 0 Å². The number of benzene rings is 1. The molecule has 7 heteroatoms. The largest absolute Gasteiger partial charge is 0.338 e. The molecular weight excluding hydrogens is 308 g/mol. The molecule has 1 saturated heterocycles. The molecule has 2 N–H and O–H groups in total. The van der Waals surface area contributed by atoms with E-state index >= 15 is 0 Å². The lowest BCUT2D eigenvalue weighted by molar-refractivity contribution is -0.121. The van der Waals surface area contributed by atoms with Gasteiger partial charge in [0.05, 0.1) is 6.54 Å². The van der Waals surface area contributed by atoms with Crippen molar-refractivity contribution in [3.63, 3.8) is 0 Å².